The highest BCUT2D eigenvalue weighted by atomic mass is 14.5. The van der Waals surface area contributed by atoms with Gasteiger partial charge in [-0.25, -0.2) is 0 Å². The Morgan fingerprint density at radius 1 is 1.33 bits per heavy atom. The fourth-order valence-electron chi connectivity index (χ4n) is 2.39. The van der Waals surface area contributed by atoms with Gasteiger partial charge in [-0.3, -0.25) is 0 Å². The summed E-state index contributed by atoms with van der Waals surface area (Å²) in [6.45, 7) is 4.69. The second-order valence-corrected chi connectivity index (χ2v) is 4.98. The van der Waals surface area contributed by atoms with Crippen LogP contribution < -0.4 is 0 Å². The van der Waals surface area contributed by atoms with E-state index in [2.05, 4.69) is 56.3 Å². The van der Waals surface area contributed by atoms with E-state index in [4.69, 9.17) is 0 Å². The van der Waals surface area contributed by atoms with Crippen LogP contribution in [0.15, 0.2) is 36.4 Å². The predicted octanol–water partition coefficient (Wildman–Crippen LogP) is 4.53. The van der Waals surface area contributed by atoms with Gasteiger partial charge in [0, 0.05) is 0 Å². The van der Waals surface area contributed by atoms with Gasteiger partial charge in [0.1, 0.15) is 0 Å². The first kappa shape index (κ1) is 10.5. The minimum atomic E-state index is 0.611. The summed E-state index contributed by atoms with van der Waals surface area (Å²) in [6, 6.07) is 10.6. The Hall–Kier alpha value is -1.04. The largest absolute Gasteiger partial charge is 0.0803 e. The zero-order chi connectivity index (χ0) is 10.7. The maximum absolute atomic E-state index is 2.41. The van der Waals surface area contributed by atoms with Gasteiger partial charge in [0.25, 0.3) is 0 Å². The van der Waals surface area contributed by atoms with Crippen molar-refractivity contribution in [3.63, 3.8) is 0 Å². The normalized spacial score (nSPS) is 29.6. The number of benzene rings is 1. The summed E-state index contributed by atoms with van der Waals surface area (Å²) in [5.41, 5.74) is 1.93. The number of hydrogen-bond donors (Lipinski definition) is 0. The van der Waals surface area contributed by atoms with Gasteiger partial charge in [-0.1, -0.05) is 62.8 Å². The van der Waals surface area contributed by atoms with E-state index in [-0.39, 0.29) is 0 Å². The fraction of sp³-hybridized carbons (Fsp3) is 0.467. The molecule has 0 spiro atoms. The van der Waals surface area contributed by atoms with Crippen LogP contribution >= 0.6 is 0 Å². The van der Waals surface area contributed by atoms with E-state index >= 15 is 0 Å². The average molecular weight is 200 g/mol. The monoisotopic (exact) mass is 200 g/mol. The van der Waals surface area contributed by atoms with Gasteiger partial charge in [0.05, 0.1) is 0 Å². The summed E-state index contributed by atoms with van der Waals surface area (Å²) in [5, 5.41) is 0. The van der Waals surface area contributed by atoms with Gasteiger partial charge in [-0.2, -0.15) is 0 Å². The van der Waals surface area contributed by atoms with Gasteiger partial charge < -0.3 is 0 Å². The Morgan fingerprint density at radius 2 is 2.07 bits per heavy atom. The first-order chi connectivity index (χ1) is 7.24. The van der Waals surface area contributed by atoms with E-state index in [1.54, 1.807) is 0 Å². The van der Waals surface area contributed by atoms with Crippen molar-refractivity contribution in [1.29, 1.82) is 0 Å². The van der Waals surface area contributed by atoms with Gasteiger partial charge in [0.15, 0.2) is 0 Å². The molecule has 0 radical (unpaired) electrons. The van der Waals surface area contributed by atoms with Gasteiger partial charge >= 0.3 is 0 Å². The molecular weight excluding hydrogens is 180 g/mol. The summed E-state index contributed by atoms with van der Waals surface area (Å²) in [4.78, 5) is 0. The standard InChI is InChI=1S/C15H20/c1-3-11-15(2)12-14(15)10-9-13-7-5-4-6-8-13/h4-10,14H,3,11-12H2,1-2H3/b10-9+/t14-,15-/m1/s1. The molecule has 1 aromatic rings. The van der Waals surface area contributed by atoms with E-state index in [9.17, 15) is 0 Å². The van der Waals surface area contributed by atoms with Crippen molar-refractivity contribution in [3.8, 4) is 0 Å². The van der Waals surface area contributed by atoms with Gasteiger partial charge in [-0.05, 0) is 29.7 Å². The molecule has 0 amide bonds. The Bertz CT molecular complexity index is 336. The van der Waals surface area contributed by atoms with Crippen molar-refractivity contribution < 1.29 is 0 Å². The molecule has 2 rings (SSSR count). The average Bonchev–Trinajstić information content (AvgIpc) is 2.88. The molecule has 0 heterocycles. The molecule has 1 fully saturated rings. The van der Waals surface area contributed by atoms with E-state index in [0.717, 1.165) is 5.92 Å². The third-order valence-electron chi connectivity index (χ3n) is 3.56. The molecular formula is C15H20. The number of hydrogen-bond acceptors (Lipinski definition) is 0. The zero-order valence-corrected chi connectivity index (χ0v) is 9.74. The lowest BCUT2D eigenvalue weighted by atomic mass is 10.00. The second-order valence-electron chi connectivity index (χ2n) is 4.98. The summed E-state index contributed by atoms with van der Waals surface area (Å²) >= 11 is 0. The molecule has 0 bridgehead atoms. The molecule has 0 heteroatoms. The van der Waals surface area contributed by atoms with Gasteiger partial charge in [0.2, 0.25) is 0 Å². The summed E-state index contributed by atoms with van der Waals surface area (Å²) in [6.07, 6.45) is 8.73. The second kappa shape index (κ2) is 4.22. The highest BCUT2D eigenvalue weighted by Gasteiger charge is 2.46. The summed E-state index contributed by atoms with van der Waals surface area (Å²) in [7, 11) is 0. The zero-order valence-electron chi connectivity index (χ0n) is 9.74. The maximum Gasteiger partial charge on any atom is -0.0171 e. The van der Waals surface area contributed by atoms with Crippen molar-refractivity contribution in [3.05, 3.63) is 42.0 Å². The van der Waals surface area contributed by atoms with E-state index in [0.29, 0.717) is 5.41 Å². The fourth-order valence-corrected chi connectivity index (χ4v) is 2.39. The molecule has 0 nitrogen and oxygen atoms in total. The van der Waals surface area contributed by atoms with E-state index in [1.807, 2.05) is 0 Å². The Labute approximate surface area is 93.0 Å². The molecule has 0 saturated heterocycles. The highest BCUT2D eigenvalue weighted by molar-refractivity contribution is 5.49. The first-order valence-electron chi connectivity index (χ1n) is 5.98. The molecule has 0 aliphatic heterocycles. The van der Waals surface area contributed by atoms with Crippen molar-refractivity contribution in [2.75, 3.05) is 0 Å². The van der Waals surface area contributed by atoms with Crippen LogP contribution in [0.4, 0.5) is 0 Å². The van der Waals surface area contributed by atoms with Crippen LogP contribution in [0, 0.1) is 11.3 Å². The maximum atomic E-state index is 2.41. The molecule has 0 aromatic heterocycles. The Kier molecular flexibility index (Phi) is 2.95. The lowest BCUT2D eigenvalue weighted by Gasteiger charge is -2.05. The lowest BCUT2D eigenvalue weighted by Crippen LogP contribution is -1.94. The molecule has 0 N–H and O–H groups in total. The van der Waals surface area contributed by atoms with E-state index in [1.165, 1.54) is 24.8 Å². The molecule has 1 aromatic carbocycles. The first-order valence-corrected chi connectivity index (χ1v) is 5.98. The third-order valence-corrected chi connectivity index (χ3v) is 3.56. The number of allylic oxidation sites excluding steroid dienone is 1. The lowest BCUT2D eigenvalue weighted by molar-refractivity contribution is 0.483. The Morgan fingerprint density at radius 3 is 2.73 bits per heavy atom. The van der Waals surface area contributed by atoms with Crippen LogP contribution in [-0.4, -0.2) is 0 Å². The molecule has 1 aliphatic rings. The van der Waals surface area contributed by atoms with Crippen molar-refractivity contribution >= 4 is 6.08 Å². The van der Waals surface area contributed by atoms with Crippen molar-refractivity contribution in [2.45, 2.75) is 33.1 Å². The Balaban J connectivity index is 1.92. The highest BCUT2D eigenvalue weighted by Crippen LogP contribution is 2.56. The minimum absolute atomic E-state index is 0.611. The number of rotatable bonds is 4. The molecule has 1 saturated carbocycles. The molecule has 1 aliphatic carbocycles. The van der Waals surface area contributed by atoms with Crippen LogP contribution in [0.25, 0.3) is 6.08 Å². The van der Waals surface area contributed by atoms with Crippen molar-refractivity contribution in [2.24, 2.45) is 11.3 Å². The third kappa shape index (κ3) is 2.50. The molecule has 80 valence electrons. The predicted molar refractivity (Wildman–Crippen MR) is 66.6 cm³/mol. The molecule has 15 heavy (non-hydrogen) atoms. The van der Waals surface area contributed by atoms with Gasteiger partial charge in [-0.15, -0.1) is 0 Å². The van der Waals surface area contributed by atoms with Crippen LogP contribution in [-0.2, 0) is 0 Å². The van der Waals surface area contributed by atoms with Crippen LogP contribution in [0.1, 0.15) is 38.7 Å². The minimum Gasteiger partial charge on any atom is -0.0803 e. The summed E-state index contributed by atoms with van der Waals surface area (Å²) < 4.78 is 0. The topological polar surface area (TPSA) is 0 Å². The quantitative estimate of drug-likeness (QED) is 0.670. The van der Waals surface area contributed by atoms with Crippen LogP contribution in [0.3, 0.4) is 0 Å². The van der Waals surface area contributed by atoms with Crippen molar-refractivity contribution in [1.82, 2.24) is 0 Å². The van der Waals surface area contributed by atoms with Crippen LogP contribution in [0.2, 0.25) is 0 Å². The van der Waals surface area contributed by atoms with Crippen LogP contribution in [0.5, 0.6) is 0 Å². The SMILES string of the molecule is CCC[C@]1(C)C[C@H]1/C=C/c1ccccc1. The smallest absolute Gasteiger partial charge is 0.0171 e. The summed E-state index contributed by atoms with van der Waals surface area (Å²) in [5.74, 6) is 0.817. The molecule has 0 unspecified atom stereocenters. The van der Waals surface area contributed by atoms with E-state index < -0.39 is 0 Å². The molecule has 2 atom stereocenters.